The summed E-state index contributed by atoms with van der Waals surface area (Å²) in [7, 11) is 0. The highest BCUT2D eigenvalue weighted by Gasteiger charge is 2.26. The van der Waals surface area contributed by atoms with Crippen molar-refractivity contribution in [3.05, 3.63) is 29.6 Å². The fraction of sp³-hybridized carbons (Fsp3) is 0.417. The van der Waals surface area contributed by atoms with Gasteiger partial charge in [-0.25, -0.2) is 4.98 Å². The van der Waals surface area contributed by atoms with Crippen LogP contribution < -0.4 is 10.2 Å². The minimum Gasteiger partial charge on any atom is -0.351 e. The number of nitrogens with one attached hydrogen (secondary N) is 1. The molecule has 1 fully saturated rings. The van der Waals surface area contributed by atoms with Gasteiger partial charge in [-0.05, 0) is 12.8 Å². The van der Waals surface area contributed by atoms with Gasteiger partial charge in [-0.15, -0.1) is 11.3 Å². The van der Waals surface area contributed by atoms with E-state index >= 15 is 0 Å². The zero-order valence-electron chi connectivity index (χ0n) is 10.3. The molecule has 1 N–H and O–H groups in total. The lowest BCUT2D eigenvalue weighted by atomic mass is 10.2. The number of thiazole rings is 1. The third-order valence-electron chi connectivity index (χ3n) is 3.20. The Labute approximate surface area is 114 Å². The Hall–Kier alpha value is -1.89. The van der Waals surface area contributed by atoms with Gasteiger partial charge in [0.2, 0.25) is 5.76 Å². The van der Waals surface area contributed by atoms with E-state index < -0.39 is 0 Å². The van der Waals surface area contributed by atoms with E-state index in [1.54, 1.807) is 17.4 Å². The lowest BCUT2D eigenvalue weighted by Crippen LogP contribution is -2.40. The van der Waals surface area contributed by atoms with Crippen LogP contribution in [0.1, 0.15) is 23.4 Å². The smallest absolute Gasteiger partial charge is 0.289 e. The van der Waals surface area contributed by atoms with E-state index in [-0.39, 0.29) is 11.7 Å². The largest absolute Gasteiger partial charge is 0.351 e. The monoisotopic (exact) mass is 278 g/mol. The fourth-order valence-electron chi connectivity index (χ4n) is 2.29. The van der Waals surface area contributed by atoms with Gasteiger partial charge in [-0.2, -0.15) is 0 Å². The van der Waals surface area contributed by atoms with Crippen molar-refractivity contribution in [3.63, 3.8) is 0 Å². The van der Waals surface area contributed by atoms with Crippen molar-refractivity contribution >= 4 is 22.4 Å². The Kier molecular flexibility index (Phi) is 3.45. The zero-order valence-corrected chi connectivity index (χ0v) is 11.1. The molecule has 1 saturated heterocycles. The SMILES string of the molecule is O=C(NCC1CCCN1c1nccs1)c1ccno1. The molecule has 0 bridgehead atoms. The summed E-state index contributed by atoms with van der Waals surface area (Å²) < 4.78 is 4.82. The van der Waals surface area contributed by atoms with Gasteiger partial charge in [0.15, 0.2) is 5.13 Å². The van der Waals surface area contributed by atoms with Crippen molar-refractivity contribution in [1.29, 1.82) is 0 Å². The number of nitrogens with zero attached hydrogens (tertiary/aromatic N) is 3. The first-order valence-electron chi connectivity index (χ1n) is 6.19. The summed E-state index contributed by atoms with van der Waals surface area (Å²) in [6.07, 6.45) is 5.47. The van der Waals surface area contributed by atoms with Crippen LogP contribution in [-0.4, -0.2) is 35.2 Å². The van der Waals surface area contributed by atoms with Gasteiger partial charge in [0, 0.05) is 36.8 Å². The van der Waals surface area contributed by atoms with Gasteiger partial charge >= 0.3 is 0 Å². The molecule has 3 rings (SSSR count). The summed E-state index contributed by atoms with van der Waals surface area (Å²) in [5.74, 6) is 0.0299. The first kappa shape index (κ1) is 12.2. The fourth-order valence-corrected chi connectivity index (χ4v) is 3.03. The van der Waals surface area contributed by atoms with Crippen LogP contribution in [0, 0.1) is 0 Å². The summed E-state index contributed by atoms with van der Waals surface area (Å²) in [6.45, 7) is 1.59. The Balaban J connectivity index is 1.59. The number of carbonyl (C=O) groups excluding carboxylic acids is 1. The molecule has 100 valence electrons. The predicted molar refractivity (Wildman–Crippen MR) is 71.3 cm³/mol. The van der Waals surface area contributed by atoms with Gasteiger partial charge < -0.3 is 14.7 Å². The molecule has 0 aromatic carbocycles. The average Bonchev–Trinajstić information content (AvgIpc) is 3.14. The second-order valence-electron chi connectivity index (χ2n) is 4.39. The summed E-state index contributed by atoms with van der Waals surface area (Å²) in [4.78, 5) is 18.4. The highest BCUT2D eigenvalue weighted by Crippen LogP contribution is 2.26. The molecule has 19 heavy (non-hydrogen) atoms. The number of hydrogen-bond donors (Lipinski definition) is 1. The van der Waals surface area contributed by atoms with Gasteiger partial charge in [-0.1, -0.05) is 5.16 Å². The van der Waals surface area contributed by atoms with Crippen LogP contribution >= 0.6 is 11.3 Å². The molecule has 2 aromatic rings. The van der Waals surface area contributed by atoms with Crippen molar-refractivity contribution in [2.24, 2.45) is 0 Å². The lowest BCUT2D eigenvalue weighted by Gasteiger charge is -2.23. The third-order valence-corrected chi connectivity index (χ3v) is 4.01. The summed E-state index contributed by atoms with van der Waals surface area (Å²) in [6, 6.07) is 1.86. The number of aromatic nitrogens is 2. The van der Waals surface area contributed by atoms with Crippen LogP contribution in [0.15, 0.2) is 28.4 Å². The molecular formula is C12H14N4O2S. The van der Waals surface area contributed by atoms with E-state index in [4.69, 9.17) is 4.52 Å². The molecule has 0 aliphatic carbocycles. The van der Waals surface area contributed by atoms with E-state index in [0.29, 0.717) is 12.6 Å². The zero-order chi connectivity index (χ0) is 13.1. The normalized spacial score (nSPS) is 18.7. The van der Waals surface area contributed by atoms with Crippen molar-refractivity contribution in [2.45, 2.75) is 18.9 Å². The second-order valence-corrected chi connectivity index (χ2v) is 5.26. The number of carbonyl (C=O) groups is 1. The molecule has 1 aliphatic rings. The molecule has 3 heterocycles. The minimum atomic E-state index is -0.219. The first-order chi connectivity index (χ1) is 9.34. The maximum absolute atomic E-state index is 11.8. The van der Waals surface area contributed by atoms with Crippen LogP contribution in [0.3, 0.4) is 0 Å². The van der Waals surface area contributed by atoms with Gasteiger partial charge in [0.05, 0.1) is 6.20 Å². The Bertz CT molecular complexity index is 526. The van der Waals surface area contributed by atoms with E-state index in [1.807, 2.05) is 11.6 Å². The van der Waals surface area contributed by atoms with Crippen LogP contribution in [0.25, 0.3) is 0 Å². The number of rotatable bonds is 4. The molecule has 7 heteroatoms. The van der Waals surface area contributed by atoms with Gasteiger partial charge in [0.25, 0.3) is 5.91 Å². The molecule has 0 radical (unpaired) electrons. The molecule has 6 nitrogen and oxygen atoms in total. The molecule has 1 atom stereocenters. The molecule has 1 unspecified atom stereocenters. The standard InChI is InChI=1S/C12H14N4O2S/c17-11(10-3-4-15-18-10)14-8-9-2-1-6-16(9)12-13-5-7-19-12/h3-5,7,9H,1-2,6,8H2,(H,14,17). The molecule has 1 amide bonds. The predicted octanol–water partition coefficient (Wildman–Crippen LogP) is 1.53. The van der Waals surface area contributed by atoms with Crippen LogP contribution in [0.5, 0.6) is 0 Å². The highest BCUT2D eigenvalue weighted by atomic mass is 32.1. The number of anilines is 1. The molecule has 2 aromatic heterocycles. The maximum Gasteiger partial charge on any atom is 0.289 e. The first-order valence-corrected chi connectivity index (χ1v) is 7.07. The van der Waals surface area contributed by atoms with E-state index in [0.717, 1.165) is 24.5 Å². The lowest BCUT2D eigenvalue weighted by molar-refractivity contribution is 0.0914. The minimum absolute atomic E-state index is 0.219. The summed E-state index contributed by atoms with van der Waals surface area (Å²) in [5, 5.41) is 9.40. The van der Waals surface area contributed by atoms with Crippen molar-refractivity contribution in [2.75, 3.05) is 18.0 Å². The van der Waals surface area contributed by atoms with Crippen LogP contribution in [-0.2, 0) is 0 Å². The molecule has 0 saturated carbocycles. The highest BCUT2D eigenvalue weighted by molar-refractivity contribution is 7.13. The molecule has 1 aliphatic heterocycles. The topological polar surface area (TPSA) is 71.3 Å². The van der Waals surface area contributed by atoms with Gasteiger partial charge in [-0.3, -0.25) is 4.79 Å². The van der Waals surface area contributed by atoms with Crippen LogP contribution in [0.2, 0.25) is 0 Å². The quantitative estimate of drug-likeness (QED) is 0.918. The molecule has 0 spiro atoms. The third kappa shape index (κ3) is 2.60. The Morgan fingerprint density at radius 1 is 1.58 bits per heavy atom. The van der Waals surface area contributed by atoms with Crippen molar-refractivity contribution in [1.82, 2.24) is 15.5 Å². The summed E-state index contributed by atoms with van der Waals surface area (Å²) in [5.41, 5.74) is 0. The van der Waals surface area contributed by atoms with E-state index in [2.05, 4.69) is 20.4 Å². The van der Waals surface area contributed by atoms with Gasteiger partial charge in [0.1, 0.15) is 0 Å². The maximum atomic E-state index is 11.8. The van der Waals surface area contributed by atoms with E-state index in [1.165, 1.54) is 6.20 Å². The molecular weight excluding hydrogens is 264 g/mol. The second kappa shape index (κ2) is 5.40. The van der Waals surface area contributed by atoms with Crippen molar-refractivity contribution in [3.8, 4) is 0 Å². The summed E-state index contributed by atoms with van der Waals surface area (Å²) >= 11 is 1.63. The van der Waals surface area contributed by atoms with Crippen LogP contribution in [0.4, 0.5) is 5.13 Å². The van der Waals surface area contributed by atoms with E-state index in [9.17, 15) is 4.79 Å². The number of amides is 1. The Morgan fingerprint density at radius 2 is 2.53 bits per heavy atom. The Morgan fingerprint density at radius 3 is 3.26 bits per heavy atom. The van der Waals surface area contributed by atoms with Crippen molar-refractivity contribution < 1.29 is 9.32 Å². The average molecular weight is 278 g/mol. The number of hydrogen-bond acceptors (Lipinski definition) is 6.